The van der Waals surface area contributed by atoms with Crippen LogP contribution < -0.4 is 20.9 Å². The minimum atomic E-state index is -4.55. The molecule has 1 fully saturated rings. The molecule has 0 spiro atoms. The van der Waals surface area contributed by atoms with Gasteiger partial charge in [0.2, 0.25) is 5.91 Å². The van der Waals surface area contributed by atoms with Gasteiger partial charge in [0.25, 0.3) is 0 Å². The van der Waals surface area contributed by atoms with Gasteiger partial charge in [0, 0.05) is 67.0 Å². The van der Waals surface area contributed by atoms with Crippen LogP contribution in [0, 0.1) is 0 Å². The number of hydrogen-bond donors (Lipinski definition) is 3. The van der Waals surface area contributed by atoms with Crippen LogP contribution in [0.5, 0.6) is 0 Å². The van der Waals surface area contributed by atoms with Gasteiger partial charge in [-0.15, -0.1) is 0 Å². The van der Waals surface area contributed by atoms with Crippen LogP contribution in [0.4, 0.5) is 35.9 Å². The first-order chi connectivity index (χ1) is 19.8. The average Bonchev–Trinajstić information content (AvgIpc) is 2.97. The van der Waals surface area contributed by atoms with E-state index in [-0.39, 0.29) is 17.3 Å². The van der Waals surface area contributed by atoms with Gasteiger partial charge in [-0.25, -0.2) is 0 Å². The third-order valence-corrected chi connectivity index (χ3v) is 7.13. The van der Waals surface area contributed by atoms with E-state index in [4.69, 9.17) is 0 Å². The summed E-state index contributed by atoms with van der Waals surface area (Å²) < 4.78 is 42.7. The van der Waals surface area contributed by atoms with E-state index in [1.807, 2.05) is 48.5 Å². The number of piperazine rings is 1. The molecule has 0 aliphatic carbocycles. The smallest absolute Gasteiger partial charge is 0.368 e. The lowest BCUT2D eigenvalue weighted by Crippen LogP contribution is -2.44. The number of carbonyl (C=O) groups excluding carboxylic acids is 1. The molecule has 7 nitrogen and oxygen atoms in total. The minimum absolute atomic E-state index is 0.150. The fourth-order valence-electron chi connectivity index (χ4n) is 5.19. The Balaban J connectivity index is 1.46. The SMILES string of the molecule is CC(=O)Nc1cnc2ccc(-c3cnc4ccccc4c3)cc2c1Nc1ccc(N2CCNCC2)c(C(F)(F)F)c1. The zero-order chi connectivity index (χ0) is 28.6. The summed E-state index contributed by atoms with van der Waals surface area (Å²) in [6, 6.07) is 19.8. The van der Waals surface area contributed by atoms with E-state index in [0.717, 1.165) is 28.1 Å². The molecule has 208 valence electrons. The molecule has 5 aromatic rings. The zero-order valence-corrected chi connectivity index (χ0v) is 22.2. The first-order valence-electron chi connectivity index (χ1n) is 13.3. The van der Waals surface area contributed by atoms with Crippen molar-refractivity contribution in [1.82, 2.24) is 15.3 Å². The number of halogens is 3. The summed E-state index contributed by atoms with van der Waals surface area (Å²) in [6.45, 7) is 3.59. The number of aromatic nitrogens is 2. The van der Waals surface area contributed by atoms with Gasteiger partial charge >= 0.3 is 6.18 Å². The fourth-order valence-corrected chi connectivity index (χ4v) is 5.19. The van der Waals surface area contributed by atoms with Crippen LogP contribution in [0.2, 0.25) is 0 Å². The lowest BCUT2D eigenvalue weighted by atomic mass is 10.0. The number of fused-ring (bicyclic) bond motifs is 2. The standard InChI is InChI=1S/C31H27F3N6O/c1-19(41)38-28-18-37-27-8-6-20(22-14-21-4-2-3-5-26(21)36-17-22)15-24(27)30(28)39-23-7-9-29(25(16-23)31(32,33)34)40-12-10-35-11-13-40/h2-9,14-18,35H,10-13H2,1H3,(H,37,39)(H,38,41). The summed E-state index contributed by atoms with van der Waals surface area (Å²) in [6.07, 6.45) is -1.26. The van der Waals surface area contributed by atoms with Gasteiger partial charge in [-0.2, -0.15) is 13.2 Å². The molecular formula is C31H27F3N6O. The van der Waals surface area contributed by atoms with Crippen molar-refractivity contribution in [3.8, 4) is 11.1 Å². The second-order valence-corrected chi connectivity index (χ2v) is 9.97. The molecule has 3 aromatic carbocycles. The highest BCUT2D eigenvalue weighted by molar-refractivity contribution is 6.05. The highest BCUT2D eigenvalue weighted by Gasteiger charge is 2.35. The third-order valence-electron chi connectivity index (χ3n) is 7.13. The Bertz CT molecular complexity index is 1770. The maximum Gasteiger partial charge on any atom is 0.418 e. The zero-order valence-electron chi connectivity index (χ0n) is 22.2. The molecule has 0 saturated carbocycles. The second kappa shape index (κ2) is 10.7. The molecular weight excluding hydrogens is 529 g/mol. The molecule has 6 rings (SSSR count). The van der Waals surface area contributed by atoms with Crippen molar-refractivity contribution in [2.75, 3.05) is 41.7 Å². The molecule has 3 heterocycles. The summed E-state index contributed by atoms with van der Waals surface area (Å²) in [5.74, 6) is -0.325. The van der Waals surface area contributed by atoms with Crippen LogP contribution in [-0.4, -0.2) is 42.1 Å². The Morgan fingerprint density at radius 2 is 1.68 bits per heavy atom. The molecule has 0 bridgehead atoms. The number of para-hydroxylation sites is 1. The van der Waals surface area contributed by atoms with Gasteiger partial charge < -0.3 is 20.9 Å². The molecule has 1 aliphatic heterocycles. The summed E-state index contributed by atoms with van der Waals surface area (Å²) in [5.41, 5.74) is 3.71. The van der Waals surface area contributed by atoms with Crippen LogP contribution in [0.3, 0.4) is 0 Å². The molecule has 41 heavy (non-hydrogen) atoms. The molecule has 0 unspecified atom stereocenters. The second-order valence-electron chi connectivity index (χ2n) is 9.97. The Kier molecular flexibility index (Phi) is 6.92. The van der Waals surface area contributed by atoms with Crippen molar-refractivity contribution < 1.29 is 18.0 Å². The third kappa shape index (κ3) is 5.51. The topological polar surface area (TPSA) is 82.2 Å². The van der Waals surface area contributed by atoms with Crippen LogP contribution >= 0.6 is 0 Å². The van der Waals surface area contributed by atoms with Gasteiger partial charge in [-0.05, 0) is 48.0 Å². The van der Waals surface area contributed by atoms with Gasteiger partial charge in [0.15, 0.2) is 0 Å². The van der Waals surface area contributed by atoms with E-state index >= 15 is 0 Å². The number of nitrogens with one attached hydrogen (secondary N) is 3. The van der Waals surface area contributed by atoms with Crippen molar-refractivity contribution in [2.45, 2.75) is 13.1 Å². The highest BCUT2D eigenvalue weighted by atomic mass is 19.4. The van der Waals surface area contributed by atoms with E-state index in [0.29, 0.717) is 48.5 Å². The summed E-state index contributed by atoms with van der Waals surface area (Å²) in [4.78, 5) is 22.8. The molecule has 0 atom stereocenters. The first-order valence-corrected chi connectivity index (χ1v) is 13.3. The maximum absolute atomic E-state index is 14.2. The monoisotopic (exact) mass is 556 g/mol. The number of alkyl halides is 3. The molecule has 0 radical (unpaired) electrons. The molecule has 10 heteroatoms. The lowest BCUT2D eigenvalue weighted by molar-refractivity contribution is -0.137. The van der Waals surface area contributed by atoms with Crippen molar-refractivity contribution in [3.05, 3.63) is 84.7 Å². The Morgan fingerprint density at radius 1 is 0.902 bits per heavy atom. The summed E-state index contributed by atoms with van der Waals surface area (Å²) in [7, 11) is 0. The van der Waals surface area contributed by atoms with Crippen molar-refractivity contribution in [3.63, 3.8) is 0 Å². The molecule has 1 aliphatic rings. The highest BCUT2D eigenvalue weighted by Crippen LogP contribution is 2.41. The summed E-state index contributed by atoms with van der Waals surface area (Å²) in [5, 5.41) is 10.7. The predicted molar refractivity (Wildman–Crippen MR) is 157 cm³/mol. The number of nitrogens with zero attached hydrogens (tertiary/aromatic N) is 3. The number of anilines is 4. The average molecular weight is 557 g/mol. The van der Waals surface area contributed by atoms with Crippen LogP contribution in [0.1, 0.15) is 12.5 Å². The quantitative estimate of drug-likeness (QED) is 0.227. The van der Waals surface area contributed by atoms with Gasteiger partial charge in [0.1, 0.15) is 0 Å². The number of carbonyl (C=O) groups is 1. The number of rotatable bonds is 5. The van der Waals surface area contributed by atoms with Crippen LogP contribution in [-0.2, 0) is 11.0 Å². The van der Waals surface area contributed by atoms with E-state index in [1.54, 1.807) is 17.2 Å². The summed E-state index contributed by atoms with van der Waals surface area (Å²) >= 11 is 0. The van der Waals surface area contributed by atoms with Crippen LogP contribution in [0.25, 0.3) is 32.9 Å². The first kappa shape index (κ1) is 26.5. The molecule has 1 amide bonds. The lowest BCUT2D eigenvalue weighted by Gasteiger charge is -2.32. The normalized spacial score (nSPS) is 13.9. The number of pyridine rings is 2. The number of amides is 1. The minimum Gasteiger partial charge on any atom is -0.368 e. The predicted octanol–water partition coefficient (Wildman–Crippen LogP) is 6.58. The van der Waals surface area contributed by atoms with E-state index in [9.17, 15) is 18.0 Å². The Labute approximate surface area is 234 Å². The molecule has 3 N–H and O–H groups in total. The van der Waals surface area contributed by atoms with E-state index < -0.39 is 11.7 Å². The van der Waals surface area contributed by atoms with Crippen molar-refractivity contribution in [2.24, 2.45) is 0 Å². The number of benzene rings is 3. The van der Waals surface area contributed by atoms with Crippen molar-refractivity contribution in [1.29, 1.82) is 0 Å². The molecule has 2 aromatic heterocycles. The van der Waals surface area contributed by atoms with Gasteiger partial charge in [-0.3, -0.25) is 14.8 Å². The Hall–Kier alpha value is -4.70. The largest absolute Gasteiger partial charge is 0.418 e. The van der Waals surface area contributed by atoms with Crippen LogP contribution in [0.15, 0.2) is 79.1 Å². The maximum atomic E-state index is 14.2. The fraction of sp³-hybridized carbons (Fsp3) is 0.194. The van der Waals surface area contributed by atoms with Gasteiger partial charge in [0.05, 0.1) is 34.2 Å². The van der Waals surface area contributed by atoms with E-state index in [1.165, 1.54) is 19.2 Å². The van der Waals surface area contributed by atoms with Crippen molar-refractivity contribution >= 4 is 50.5 Å². The molecule has 1 saturated heterocycles. The van der Waals surface area contributed by atoms with E-state index in [2.05, 4.69) is 25.9 Å². The number of hydrogen-bond acceptors (Lipinski definition) is 6. The van der Waals surface area contributed by atoms with Gasteiger partial charge in [-0.1, -0.05) is 24.3 Å². The Morgan fingerprint density at radius 3 is 2.46 bits per heavy atom.